The van der Waals surface area contributed by atoms with Crippen LogP contribution in [-0.4, -0.2) is 15.7 Å². The van der Waals surface area contributed by atoms with Crippen LogP contribution in [0.25, 0.3) is 0 Å². The zero-order valence-electron chi connectivity index (χ0n) is 17.1. The SMILES string of the molecule is C=CCc1cccc2c1O[C@@H](c1ccccc1OCc1ccccc1)[C@](Cl)([N+](=O)[O-])C2=O. The number of nitrogens with zero attached hydrogens (tertiary/aromatic N) is 1. The Bertz CT molecular complexity index is 1180. The standard InChI is InChI=1S/C25H20ClNO5/c1-2-9-18-12-8-14-20-22(18)32-24(25(26,23(20)28)27(29)30)19-13-6-7-15-21(19)31-16-17-10-4-3-5-11-17/h2-8,10-15,24H,1,9,16H2/t24-,25+/m0/s1. The van der Waals surface area contributed by atoms with E-state index in [4.69, 9.17) is 21.1 Å². The molecule has 1 aliphatic rings. The number of alkyl halides is 1. The van der Waals surface area contributed by atoms with Crippen LogP contribution in [0.3, 0.4) is 0 Å². The van der Waals surface area contributed by atoms with Crippen molar-refractivity contribution in [2.45, 2.75) is 24.1 Å². The Labute approximate surface area is 190 Å². The highest BCUT2D eigenvalue weighted by Crippen LogP contribution is 2.48. The smallest absolute Gasteiger partial charge is 0.397 e. The minimum Gasteiger partial charge on any atom is -0.488 e. The molecule has 0 radical (unpaired) electrons. The average molecular weight is 450 g/mol. The summed E-state index contributed by atoms with van der Waals surface area (Å²) < 4.78 is 12.1. The molecule has 0 saturated heterocycles. The van der Waals surface area contributed by atoms with Gasteiger partial charge in [0.2, 0.25) is 6.10 Å². The lowest BCUT2D eigenvalue weighted by molar-refractivity contribution is -0.536. The normalized spacial score (nSPS) is 19.5. The van der Waals surface area contributed by atoms with Crippen molar-refractivity contribution in [1.29, 1.82) is 0 Å². The Morgan fingerprint density at radius 2 is 1.81 bits per heavy atom. The van der Waals surface area contributed by atoms with Gasteiger partial charge in [0.15, 0.2) is 0 Å². The molecule has 0 fully saturated rings. The molecule has 1 aliphatic heterocycles. The number of carbonyl (C=O) groups is 1. The van der Waals surface area contributed by atoms with Gasteiger partial charge in [0, 0.05) is 5.56 Å². The number of nitro groups is 1. The van der Waals surface area contributed by atoms with Gasteiger partial charge in [-0.05, 0) is 41.3 Å². The molecule has 7 heteroatoms. The number of Topliss-reactive ketones (excluding diaryl/α,β-unsaturated/α-hetero) is 1. The molecule has 3 aromatic rings. The molecule has 0 saturated carbocycles. The number of hydrogen-bond acceptors (Lipinski definition) is 5. The number of benzene rings is 3. The minimum atomic E-state index is -2.54. The van der Waals surface area contributed by atoms with Crippen LogP contribution in [-0.2, 0) is 13.0 Å². The molecule has 6 nitrogen and oxygen atoms in total. The second kappa shape index (κ2) is 8.85. The van der Waals surface area contributed by atoms with Crippen molar-refractivity contribution >= 4 is 17.4 Å². The van der Waals surface area contributed by atoms with Gasteiger partial charge in [-0.1, -0.05) is 66.7 Å². The molecule has 0 amide bonds. The molecule has 2 atom stereocenters. The van der Waals surface area contributed by atoms with E-state index in [2.05, 4.69) is 6.58 Å². The molecular formula is C25H20ClNO5. The number of fused-ring (bicyclic) bond motifs is 1. The van der Waals surface area contributed by atoms with E-state index in [-0.39, 0.29) is 17.9 Å². The molecule has 32 heavy (non-hydrogen) atoms. The largest absolute Gasteiger partial charge is 0.488 e. The lowest BCUT2D eigenvalue weighted by Crippen LogP contribution is -2.51. The van der Waals surface area contributed by atoms with E-state index in [0.29, 0.717) is 23.3 Å². The highest BCUT2D eigenvalue weighted by atomic mass is 35.5. The van der Waals surface area contributed by atoms with Crippen molar-refractivity contribution in [2.75, 3.05) is 0 Å². The van der Waals surface area contributed by atoms with Crippen LogP contribution < -0.4 is 9.47 Å². The predicted octanol–water partition coefficient (Wildman–Crippen LogP) is 5.52. The first-order valence-corrected chi connectivity index (χ1v) is 10.4. The Morgan fingerprint density at radius 1 is 1.09 bits per heavy atom. The molecule has 0 N–H and O–H groups in total. The van der Waals surface area contributed by atoms with Crippen LogP contribution in [0.15, 0.2) is 85.5 Å². The van der Waals surface area contributed by atoms with Gasteiger partial charge in [0.25, 0.3) is 5.78 Å². The topological polar surface area (TPSA) is 78.7 Å². The molecule has 0 unspecified atom stereocenters. The van der Waals surface area contributed by atoms with E-state index < -0.39 is 21.8 Å². The summed E-state index contributed by atoms with van der Waals surface area (Å²) in [7, 11) is 0. The molecule has 0 spiro atoms. The molecule has 162 valence electrons. The second-order valence-electron chi connectivity index (χ2n) is 7.36. The average Bonchev–Trinajstić information content (AvgIpc) is 2.81. The molecular weight excluding hydrogens is 430 g/mol. The molecule has 0 aromatic heterocycles. The monoisotopic (exact) mass is 449 g/mol. The summed E-state index contributed by atoms with van der Waals surface area (Å²) in [5.41, 5.74) is 2.02. The summed E-state index contributed by atoms with van der Waals surface area (Å²) in [6.07, 6.45) is 0.714. The Kier molecular flexibility index (Phi) is 5.97. The fraction of sp³-hybridized carbons (Fsp3) is 0.160. The van der Waals surface area contributed by atoms with Gasteiger partial charge in [-0.3, -0.25) is 14.9 Å². The Balaban J connectivity index is 1.79. The van der Waals surface area contributed by atoms with Gasteiger partial charge in [-0.25, -0.2) is 0 Å². The fourth-order valence-electron chi connectivity index (χ4n) is 3.74. The molecule has 0 aliphatic carbocycles. The summed E-state index contributed by atoms with van der Waals surface area (Å²) in [6, 6.07) is 21.2. The molecule has 3 aromatic carbocycles. The zero-order chi connectivity index (χ0) is 22.7. The van der Waals surface area contributed by atoms with E-state index in [1.54, 1.807) is 42.5 Å². The van der Waals surface area contributed by atoms with E-state index in [1.165, 1.54) is 6.07 Å². The van der Waals surface area contributed by atoms with Crippen molar-refractivity contribution in [2.24, 2.45) is 0 Å². The maximum Gasteiger partial charge on any atom is 0.397 e. The van der Waals surface area contributed by atoms with Crippen LogP contribution in [0.4, 0.5) is 0 Å². The van der Waals surface area contributed by atoms with Crippen molar-refractivity contribution in [3.05, 3.63) is 118 Å². The Hall–Kier alpha value is -3.64. The molecule has 0 bridgehead atoms. The van der Waals surface area contributed by atoms with E-state index in [0.717, 1.165) is 5.56 Å². The van der Waals surface area contributed by atoms with E-state index >= 15 is 0 Å². The van der Waals surface area contributed by atoms with Crippen molar-refractivity contribution in [3.8, 4) is 11.5 Å². The van der Waals surface area contributed by atoms with Gasteiger partial charge in [0.1, 0.15) is 18.1 Å². The summed E-state index contributed by atoms with van der Waals surface area (Å²) in [4.78, 5) is 22.1. The quantitative estimate of drug-likeness (QED) is 0.156. The maximum absolute atomic E-state index is 13.3. The van der Waals surface area contributed by atoms with Crippen LogP contribution in [0.2, 0.25) is 0 Å². The number of hydrogen-bond donors (Lipinski definition) is 0. The van der Waals surface area contributed by atoms with Crippen LogP contribution in [0, 0.1) is 10.1 Å². The van der Waals surface area contributed by atoms with Crippen molar-refractivity contribution in [3.63, 3.8) is 0 Å². The van der Waals surface area contributed by atoms with Crippen LogP contribution >= 0.6 is 11.6 Å². The van der Waals surface area contributed by atoms with E-state index in [9.17, 15) is 14.9 Å². The summed E-state index contributed by atoms with van der Waals surface area (Å²) in [5.74, 6) is -0.191. The first kappa shape index (κ1) is 21.6. The molecule has 4 rings (SSSR count). The summed E-state index contributed by atoms with van der Waals surface area (Å²) in [5, 5.41) is 12.1. The summed E-state index contributed by atoms with van der Waals surface area (Å²) in [6.45, 7) is 3.97. The van der Waals surface area contributed by atoms with Gasteiger partial charge in [-0.2, -0.15) is 0 Å². The highest BCUT2D eigenvalue weighted by molar-refractivity contribution is 6.37. The lowest BCUT2D eigenvalue weighted by Gasteiger charge is -2.34. The maximum atomic E-state index is 13.3. The van der Waals surface area contributed by atoms with Crippen molar-refractivity contribution in [1.82, 2.24) is 0 Å². The third-order valence-corrected chi connectivity index (χ3v) is 5.82. The second-order valence-corrected chi connectivity index (χ2v) is 7.93. The van der Waals surface area contributed by atoms with Crippen molar-refractivity contribution < 1.29 is 19.2 Å². The predicted molar refractivity (Wildman–Crippen MR) is 121 cm³/mol. The third kappa shape index (κ3) is 3.74. The summed E-state index contributed by atoms with van der Waals surface area (Å²) >= 11 is 6.46. The third-order valence-electron chi connectivity index (χ3n) is 5.31. The highest BCUT2D eigenvalue weighted by Gasteiger charge is 2.63. The van der Waals surface area contributed by atoms with Gasteiger partial charge < -0.3 is 9.47 Å². The number of rotatable bonds is 7. The van der Waals surface area contributed by atoms with Gasteiger partial charge >= 0.3 is 5.00 Å². The van der Waals surface area contributed by atoms with Gasteiger partial charge in [-0.15, -0.1) is 6.58 Å². The molecule has 1 heterocycles. The number of allylic oxidation sites excluding steroid dienone is 1. The first-order chi connectivity index (χ1) is 15.5. The fourth-order valence-corrected chi connectivity index (χ4v) is 4.00. The zero-order valence-corrected chi connectivity index (χ0v) is 17.8. The number of ether oxygens (including phenoxy) is 2. The number of para-hydroxylation sites is 2. The number of carbonyl (C=O) groups excluding carboxylic acids is 1. The van der Waals surface area contributed by atoms with E-state index in [1.807, 2.05) is 30.3 Å². The van der Waals surface area contributed by atoms with Crippen LogP contribution in [0.1, 0.15) is 33.2 Å². The minimum absolute atomic E-state index is 0.0787. The van der Waals surface area contributed by atoms with Crippen LogP contribution in [0.5, 0.6) is 11.5 Å². The first-order valence-electron chi connectivity index (χ1n) is 10.00. The number of ketones is 1. The van der Waals surface area contributed by atoms with Gasteiger partial charge in [0.05, 0.1) is 10.5 Å². The Morgan fingerprint density at radius 3 is 2.53 bits per heavy atom. The lowest BCUT2D eigenvalue weighted by atomic mass is 9.89. The number of halogens is 1.